The molecule has 0 fully saturated rings. The van der Waals surface area contributed by atoms with E-state index in [1.807, 2.05) is 31.2 Å². The molecule has 7 nitrogen and oxygen atoms in total. The minimum atomic E-state index is -3.53. The molecule has 0 unspecified atom stereocenters. The highest BCUT2D eigenvalue weighted by atomic mass is 32.2. The SMILES string of the molecule is C/C(=N/NC(=O)c1ccc(N(Cc2ccccc2C)S(C)(=O)=O)cc1)c1ccccc1O. The second-order valence-corrected chi connectivity index (χ2v) is 9.31. The summed E-state index contributed by atoms with van der Waals surface area (Å²) in [6, 6.07) is 20.6. The van der Waals surface area contributed by atoms with Gasteiger partial charge in [-0.3, -0.25) is 9.10 Å². The summed E-state index contributed by atoms with van der Waals surface area (Å²) < 4.78 is 26.1. The van der Waals surface area contributed by atoms with E-state index in [1.165, 1.54) is 4.31 Å². The molecule has 0 aliphatic carbocycles. The van der Waals surface area contributed by atoms with E-state index in [0.29, 0.717) is 22.5 Å². The van der Waals surface area contributed by atoms with Crippen molar-refractivity contribution in [2.45, 2.75) is 20.4 Å². The van der Waals surface area contributed by atoms with Gasteiger partial charge in [-0.1, -0.05) is 36.4 Å². The van der Waals surface area contributed by atoms with Crippen LogP contribution in [0.5, 0.6) is 5.75 Å². The standard InChI is InChI=1S/C24H25N3O4S/c1-17-8-4-5-9-20(17)16-27(32(3,30)31)21-14-12-19(13-15-21)24(29)26-25-18(2)22-10-6-7-11-23(22)28/h4-15,28H,16H2,1-3H3,(H,26,29)/b25-18-. The Bertz CT molecular complexity index is 1250. The van der Waals surface area contributed by atoms with E-state index in [-0.39, 0.29) is 12.3 Å². The number of carbonyl (C=O) groups excluding carboxylic acids is 1. The van der Waals surface area contributed by atoms with Crippen molar-refractivity contribution in [2.24, 2.45) is 5.10 Å². The van der Waals surface area contributed by atoms with E-state index >= 15 is 0 Å². The number of sulfonamides is 1. The summed E-state index contributed by atoms with van der Waals surface area (Å²) >= 11 is 0. The van der Waals surface area contributed by atoms with Crippen molar-refractivity contribution in [3.05, 3.63) is 95.1 Å². The number of hydrazone groups is 1. The van der Waals surface area contributed by atoms with Crippen LogP contribution >= 0.6 is 0 Å². The molecule has 0 aliphatic rings. The number of phenols is 1. The number of aryl methyl sites for hydroxylation is 1. The number of anilines is 1. The molecule has 1 amide bonds. The first-order valence-electron chi connectivity index (χ1n) is 9.92. The van der Waals surface area contributed by atoms with Crippen LogP contribution < -0.4 is 9.73 Å². The molecule has 0 heterocycles. The van der Waals surface area contributed by atoms with Gasteiger partial charge in [-0.25, -0.2) is 13.8 Å². The van der Waals surface area contributed by atoms with Crippen LogP contribution in [0.15, 0.2) is 77.9 Å². The first kappa shape index (κ1) is 23.0. The van der Waals surface area contributed by atoms with Crippen LogP contribution in [-0.2, 0) is 16.6 Å². The molecule has 0 bridgehead atoms. The quantitative estimate of drug-likeness (QED) is 0.421. The summed E-state index contributed by atoms with van der Waals surface area (Å²) in [6.45, 7) is 3.80. The molecule has 0 saturated carbocycles. The molecule has 0 atom stereocenters. The Balaban J connectivity index is 1.77. The van der Waals surface area contributed by atoms with E-state index in [2.05, 4.69) is 10.5 Å². The lowest BCUT2D eigenvalue weighted by Gasteiger charge is -2.23. The maximum absolute atomic E-state index is 12.5. The second kappa shape index (κ2) is 9.65. The number of phenolic OH excluding ortho intramolecular Hbond substituents is 1. The number of aromatic hydroxyl groups is 1. The maximum atomic E-state index is 12.5. The van der Waals surface area contributed by atoms with Gasteiger partial charge in [-0.15, -0.1) is 0 Å². The Morgan fingerprint density at radius 1 is 1.00 bits per heavy atom. The molecule has 0 spiro atoms. The molecule has 3 aromatic carbocycles. The average molecular weight is 452 g/mol. The minimum absolute atomic E-state index is 0.0712. The maximum Gasteiger partial charge on any atom is 0.271 e. The number of nitrogens with zero attached hydrogens (tertiary/aromatic N) is 2. The normalized spacial score (nSPS) is 11.8. The molecule has 0 aromatic heterocycles. The van der Waals surface area contributed by atoms with Crippen LogP contribution in [0.4, 0.5) is 5.69 Å². The van der Waals surface area contributed by atoms with Crippen molar-refractivity contribution in [1.82, 2.24) is 5.43 Å². The summed E-state index contributed by atoms with van der Waals surface area (Å²) in [5.41, 5.74) is 6.10. The van der Waals surface area contributed by atoms with Crippen molar-refractivity contribution in [3.8, 4) is 5.75 Å². The fourth-order valence-electron chi connectivity index (χ4n) is 3.16. The molecular weight excluding hydrogens is 426 g/mol. The Hall–Kier alpha value is -3.65. The van der Waals surface area contributed by atoms with Crippen LogP contribution in [-0.4, -0.2) is 31.4 Å². The fourth-order valence-corrected chi connectivity index (χ4v) is 4.04. The number of amides is 1. The zero-order valence-electron chi connectivity index (χ0n) is 18.1. The molecule has 2 N–H and O–H groups in total. The number of benzene rings is 3. The van der Waals surface area contributed by atoms with Gasteiger partial charge in [0.15, 0.2) is 0 Å². The van der Waals surface area contributed by atoms with Gasteiger partial charge in [-0.2, -0.15) is 5.10 Å². The number of para-hydroxylation sites is 1. The summed E-state index contributed by atoms with van der Waals surface area (Å²) in [7, 11) is -3.53. The summed E-state index contributed by atoms with van der Waals surface area (Å²) in [5, 5.41) is 13.9. The van der Waals surface area contributed by atoms with E-state index in [1.54, 1.807) is 55.5 Å². The molecular formula is C24H25N3O4S. The molecule has 0 saturated heterocycles. The van der Waals surface area contributed by atoms with E-state index < -0.39 is 15.9 Å². The van der Waals surface area contributed by atoms with E-state index in [0.717, 1.165) is 17.4 Å². The van der Waals surface area contributed by atoms with Crippen molar-refractivity contribution in [3.63, 3.8) is 0 Å². The first-order valence-corrected chi connectivity index (χ1v) is 11.8. The molecule has 32 heavy (non-hydrogen) atoms. The first-order chi connectivity index (χ1) is 15.2. The van der Waals surface area contributed by atoms with Gasteiger partial charge in [0.05, 0.1) is 24.2 Å². The van der Waals surface area contributed by atoms with Gasteiger partial charge in [-0.05, 0) is 61.4 Å². The van der Waals surface area contributed by atoms with Gasteiger partial charge in [0, 0.05) is 11.1 Å². The summed E-state index contributed by atoms with van der Waals surface area (Å²) in [5.74, 6) is -0.377. The lowest BCUT2D eigenvalue weighted by atomic mass is 10.1. The lowest BCUT2D eigenvalue weighted by molar-refractivity contribution is 0.0955. The van der Waals surface area contributed by atoms with E-state index in [4.69, 9.17) is 0 Å². The molecule has 8 heteroatoms. The van der Waals surface area contributed by atoms with Crippen molar-refractivity contribution >= 4 is 27.3 Å². The largest absolute Gasteiger partial charge is 0.507 e. The summed E-state index contributed by atoms with van der Waals surface area (Å²) in [6.07, 6.45) is 1.16. The number of rotatable bonds is 7. The van der Waals surface area contributed by atoms with E-state index in [9.17, 15) is 18.3 Å². The van der Waals surface area contributed by atoms with Crippen LogP contribution in [0.25, 0.3) is 0 Å². The highest BCUT2D eigenvalue weighted by Crippen LogP contribution is 2.22. The Morgan fingerprint density at radius 2 is 1.62 bits per heavy atom. The molecule has 0 radical (unpaired) electrons. The zero-order valence-corrected chi connectivity index (χ0v) is 18.9. The monoisotopic (exact) mass is 451 g/mol. The van der Waals surface area contributed by atoms with Crippen LogP contribution in [0.2, 0.25) is 0 Å². The number of nitrogens with one attached hydrogen (secondary N) is 1. The van der Waals surface area contributed by atoms with Gasteiger partial charge in [0.1, 0.15) is 5.75 Å². The zero-order chi connectivity index (χ0) is 23.3. The van der Waals surface area contributed by atoms with Gasteiger partial charge < -0.3 is 5.11 Å². The minimum Gasteiger partial charge on any atom is -0.507 e. The van der Waals surface area contributed by atoms with Gasteiger partial charge >= 0.3 is 0 Å². The molecule has 3 aromatic rings. The third kappa shape index (κ3) is 5.53. The fraction of sp³-hybridized carbons (Fsp3) is 0.167. The van der Waals surface area contributed by atoms with Gasteiger partial charge in [0.25, 0.3) is 5.91 Å². The molecule has 3 rings (SSSR count). The topological polar surface area (TPSA) is 99.1 Å². The third-order valence-corrected chi connectivity index (χ3v) is 6.15. The number of hydrogen-bond acceptors (Lipinski definition) is 5. The highest BCUT2D eigenvalue weighted by Gasteiger charge is 2.19. The predicted molar refractivity (Wildman–Crippen MR) is 126 cm³/mol. The van der Waals surface area contributed by atoms with Crippen molar-refractivity contribution in [1.29, 1.82) is 0 Å². The molecule has 0 aliphatic heterocycles. The van der Waals surface area contributed by atoms with Crippen LogP contribution in [0, 0.1) is 6.92 Å². The number of hydrogen-bond donors (Lipinski definition) is 2. The Kier molecular flexibility index (Phi) is 6.95. The van der Waals surface area contributed by atoms with Crippen molar-refractivity contribution < 1.29 is 18.3 Å². The second-order valence-electron chi connectivity index (χ2n) is 7.40. The summed E-state index contributed by atoms with van der Waals surface area (Å²) in [4.78, 5) is 12.5. The third-order valence-electron chi connectivity index (χ3n) is 5.01. The van der Waals surface area contributed by atoms with Crippen LogP contribution in [0.3, 0.4) is 0 Å². The number of carbonyl (C=O) groups is 1. The predicted octanol–water partition coefficient (Wildman–Crippen LogP) is 3.82. The average Bonchev–Trinajstić information content (AvgIpc) is 2.76. The van der Waals surface area contributed by atoms with Crippen molar-refractivity contribution in [2.75, 3.05) is 10.6 Å². The smallest absolute Gasteiger partial charge is 0.271 e. The van der Waals surface area contributed by atoms with Gasteiger partial charge in [0.2, 0.25) is 10.0 Å². The lowest BCUT2D eigenvalue weighted by Crippen LogP contribution is -2.29. The van der Waals surface area contributed by atoms with Crippen LogP contribution in [0.1, 0.15) is 34.0 Å². The highest BCUT2D eigenvalue weighted by molar-refractivity contribution is 7.92. The Morgan fingerprint density at radius 3 is 2.25 bits per heavy atom. The Labute approximate surface area is 188 Å². The molecule has 166 valence electrons.